The maximum atomic E-state index is 11.7. The lowest BCUT2D eigenvalue weighted by Crippen LogP contribution is -2.25. The van der Waals surface area contributed by atoms with Crippen LogP contribution in [0.5, 0.6) is 0 Å². The molecule has 0 saturated carbocycles. The third kappa shape index (κ3) is 2.00. The van der Waals surface area contributed by atoms with Gasteiger partial charge in [-0.15, -0.1) is 11.6 Å². The number of hydrogen-bond donors (Lipinski definition) is 0. The summed E-state index contributed by atoms with van der Waals surface area (Å²) in [5, 5.41) is -0.0394. The molecule has 1 aliphatic heterocycles. The molecule has 0 radical (unpaired) electrons. The zero-order valence-corrected chi connectivity index (χ0v) is 9.50. The van der Waals surface area contributed by atoms with Gasteiger partial charge < -0.3 is 4.90 Å². The van der Waals surface area contributed by atoms with Gasteiger partial charge in [-0.3, -0.25) is 4.79 Å². The number of alkyl halides is 1. The topological polar surface area (TPSA) is 20.3 Å². The number of hydrogen-bond acceptors (Lipinski definition) is 1. The largest absolute Gasteiger partial charge is 0.311 e. The van der Waals surface area contributed by atoms with Crippen LogP contribution in [0, 0.1) is 0 Å². The van der Waals surface area contributed by atoms with Crippen molar-refractivity contribution in [1.82, 2.24) is 0 Å². The van der Waals surface area contributed by atoms with Crippen molar-refractivity contribution in [3.8, 4) is 0 Å². The van der Waals surface area contributed by atoms with Crippen molar-refractivity contribution in [1.29, 1.82) is 0 Å². The Morgan fingerprint density at radius 3 is 2.80 bits per heavy atom. The predicted octanol–water partition coefficient (Wildman–Crippen LogP) is 2.59. The second-order valence-corrected chi connectivity index (χ2v) is 4.41. The Morgan fingerprint density at radius 2 is 2.20 bits per heavy atom. The van der Waals surface area contributed by atoms with Crippen LogP contribution >= 0.6 is 11.6 Å². The molecule has 0 aliphatic carbocycles. The van der Waals surface area contributed by atoms with E-state index in [1.165, 1.54) is 5.56 Å². The number of halogens is 1. The quantitative estimate of drug-likeness (QED) is 0.706. The Morgan fingerprint density at radius 1 is 1.47 bits per heavy atom. The Kier molecular flexibility index (Phi) is 2.96. The molecular weight excluding hydrogens is 210 g/mol. The number of para-hydroxylation sites is 1. The molecule has 1 atom stereocenters. The van der Waals surface area contributed by atoms with Crippen LogP contribution in [0.2, 0.25) is 0 Å². The summed E-state index contributed by atoms with van der Waals surface area (Å²) >= 11 is 5.98. The molecular formula is C12H14ClNO. The van der Waals surface area contributed by atoms with E-state index in [2.05, 4.69) is 13.0 Å². The van der Waals surface area contributed by atoms with Gasteiger partial charge in [-0.05, 0) is 18.1 Å². The lowest BCUT2D eigenvalue weighted by atomic mass is 10.1. The zero-order valence-electron chi connectivity index (χ0n) is 8.74. The van der Waals surface area contributed by atoms with Crippen molar-refractivity contribution in [3.05, 3.63) is 29.8 Å². The number of anilines is 1. The maximum absolute atomic E-state index is 11.7. The Bertz CT molecular complexity index is 378. The standard InChI is InChI=1S/C12H14ClNO/c1-2-9-5-3-4-6-11(9)14-8-10(13)7-12(14)15/h3-6,10H,2,7-8H2,1H3. The van der Waals surface area contributed by atoms with E-state index in [1.807, 2.05) is 18.2 Å². The normalized spacial score (nSPS) is 21.1. The Balaban J connectivity index is 2.33. The van der Waals surface area contributed by atoms with Crippen molar-refractivity contribution >= 4 is 23.2 Å². The fourth-order valence-corrected chi connectivity index (χ4v) is 2.24. The Hall–Kier alpha value is -1.02. The van der Waals surface area contributed by atoms with Crippen LogP contribution < -0.4 is 4.90 Å². The minimum atomic E-state index is -0.0394. The van der Waals surface area contributed by atoms with E-state index in [9.17, 15) is 4.79 Å². The minimum Gasteiger partial charge on any atom is -0.311 e. The van der Waals surface area contributed by atoms with Gasteiger partial charge in [0.1, 0.15) is 0 Å². The van der Waals surface area contributed by atoms with Crippen molar-refractivity contribution < 1.29 is 4.79 Å². The van der Waals surface area contributed by atoms with Crippen molar-refractivity contribution in [2.45, 2.75) is 25.1 Å². The van der Waals surface area contributed by atoms with Crippen molar-refractivity contribution in [2.24, 2.45) is 0 Å². The van der Waals surface area contributed by atoms with Gasteiger partial charge in [-0.25, -0.2) is 0 Å². The van der Waals surface area contributed by atoms with Gasteiger partial charge in [0.25, 0.3) is 0 Å². The molecule has 2 rings (SSSR count). The van der Waals surface area contributed by atoms with E-state index in [0.29, 0.717) is 13.0 Å². The monoisotopic (exact) mass is 223 g/mol. The highest BCUT2D eigenvalue weighted by Gasteiger charge is 2.29. The van der Waals surface area contributed by atoms with Crippen LogP contribution in [0.4, 0.5) is 5.69 Å². The van der Waals surface area contributed by atoms with E-state index >= 15 is 0 Å². The maximum Gasteiger partial charge on any atom is 0.228 e. The van der Waals surface area contributed by atoms with Crippen LogP contribution in [-0.2, 0) is 11.2 Å². The molecule has 15 heavy (non-hydrogen) atoms. The van der Waals surface area contributed by atoms with E-state index in [-0.39, 0.29) is 11.3 Å². The second-order valence-electron chi connectivity index (χ2n) is 3.79. The highest BCUT2D eigenvalue weighted by atomic mass is 35.5. The number of rotatable bonds is 2. The van der Waals surface area contributed by atoms with Gasteiger partial charge in [0.05, 0.1) is 5.38 Å². The lowest BCUT2D eigenvalue weighted by molar-refractivity contribution is -0.117. The van der Waals surface area contributed by atoms with Crippen LogP contribution in [-0.4, -0.2) is 17.8 Å². The summed E-state index contributed by atoms with van der Waals surface area (Å²) in [6, 6.07) is 8.01. The highest BCUT2D eigenvalue weighted by Crippen LogP contribution is 2.27. The summed E-state index contributed by atoms with van der Waals surface area (Å²) < 4.78 is 0. The van der Waals surface area contributed by atoms with Gasteiger partial charge in [-0.1, -0.05) is 25.1 Å². The van der Waals surface area contributed by atoms with E-state index < -0.39 is 0 Å². The first kappa shape index (κ1) is 10.5. The molecule has 1 amide bonds. The first-order chi connectivity index (χ1) is 7.22. The summed E-state index contributed by atoms with van der Waals surface area (Å²) in [5.74, 6) is 0.135. The average molecular weight is 224 g/mol. The van der Waals surface area contributed by atoms with Crippen LogP contribution in [0.1, 0.15) is 18.9 Å². The van der Waals surface area contributed by atoms with Crippen molar-refractivity contribution in [3.63, 3.8) is 0 Å². The summed E-state index contributed by atoms with van der Waals surface area (Å²) in [7, 11) is 0. The minimum absolute atomic E-state index is 0.0394. The van der Waals surface area contributed by atoms with Crippen molar-refractivity contribution in [2.75, 3.05) is 11.4 Å². The van der Waals surface area contributed by atoms with E-state index in [1.54, 1.807) is 4.90 Å². The summed E-state index contributed by atoms with van der Waals surface area (Å²) in [6.45, 7) is 2.73. The molecule has 1 aromatic carbocycles. The van der Waals surface area contributed by atoms with Gasteiger partial charge in [0.15, 0.2) is 0 Å². The van der Waals surface area contributed by atoms with Gasteiger partial charge >= 0.3 is 0 Å². The summed E-state index contributed by atoms with van der Waals surface area (Å²) in [4.78, 5) is 13.5. The molecule has 0 N–H and O–H groups in total. The molecule has 1 heterocycles. The second kappa shape index (κ2) is 4.23. The predicted molar refractivity (Wildman–Crippen MR) is 62.4 cm³/mol. The van der Waals surface area contributed by atoms with E-state index in [0.717, 1.165) is 12.1 Å². The number of amides is 1. The molecule has 0 bridgehead atoms. The Labute approximate surface area is 94.8 Å². The molecule has 2 nitrogen and oxygen atoms in total. The van der Waals surface area contributed by atoms with Gasteiger partial charge in [0.2, 0.25) is 5.91 Å². The fourth-order valence-electron chi connectivity index (χ4n) is 1.97. The molecule has 1 aliphatic rings. The number of benzene rings is 1. The van der Waals surface area contributed by atoms with Crippen LogP contribution in [0.3, 0.4) is 0 Å². The molecule has 1 fully saturated rings. The highest BCUT2D eigenvalue weighted by molar-refractivity contribution is 6.24. The number of carbonyl (C=O) groups excluding carboxylic acids is 1. The first-order valence-electron chi connectivity index (χ1n) is 5.24. The summed E-state index contributed by atoms with van der Waals surface area (Å²) in [6.07, 6.45) is 1.40. The number of aryl methyl sites for hydroxylation is 1. The SMILES string of the molecule is CCc1ccccc1N1CC(Cl)CC1=O. The molecule has 1 aromatic rings. The molecule has 1 saturated heterocycles. The number of nitrogens with zero attached hydrogens (tertiary/aromatic N) is 1. The third-order valence-electron chi connectivity index (χ3n) is 2.74. The lowest BCUT2D eigenvalue weighted by Gasteiger charge is -2.19. The summed E-state index contributed by atoms with van der Waals surface area (Å²) in [5.41, 5.74) is 2.23. The zero-order chi connectivity index (χ0) is 10.8. The molecule has 3 heteroatoms. The molecule has 0 spiro atoms. The van der Waals surface area contributed by atoms with E-state index in [4.69, 9.17) is 11.6 Å². The first-order valence-corrected chi connectivity index (χ1v) is 5.68. The number of carbonyl (C=O) groups is 1. The fraction of sp³-hybridized carbons (Fsp3) is 0.417. The molecule has 1 unspecified atom stereocenters. The molecule has 0 aromatic heterocycles. The van der Waals surface area contributed by atoms with Gasteiger partial charge in [-0.2, -0.15) is 0 Å². The smallest absolute Gasteiger partial charge is 0.228 e. The average Bonchev–Trinajstić information content (AvgIpc) is 2.57. The third-order valence-corrected chi connectivity index (χ3v) is 3.03. The van der Waals surface area contributed by atoms with Crippen LogP contribution in [0.15, 0.2) is 24.3 Å². The molecule has 80 valence electrons. The van der Waals surface area contributed by atoms with Crippen LogP contribution in [0.25, 0.3) is 0 Å². The van der Waals surface area contributed by atoms with Gasteiger partial charge in [0, 0.05) is 18.7 Å².